The van der Waals surface area contributed by atoms with Crippen molar-refractivity contribution < 1.29 is 50.0 Å². The van der Waals surface area contributed by atoms with Crippen LogP contribution in [0.3, 0.4) is 0 Å². The third-order valence-electron chi connectivity index (χ3n) is 12.2. The minimum Gasteiger partial charge on any atom is -0.394 e. The zero-order valence-electron chi connectivity index (χ0n) is 37.3. The number of amides is 1. The summed E-state index contributed by atoms with van der Waals surface area (Å²) < 4.78 is 11.1. The van der Waals surface area contributed by atoms with E-state index in [4.69, 9.17) is 9.47 Å². The van der Waals surface area contributed by atoms with Crippen LogP contribution >= 0.6 is 0 Å². The minimum atomic E-state index is -1.66. The fourth-order valence-electron chi connectivity index (χ4n) is 8.09. The molecule has 1 saturated heterocycles. The number of nitrogens with one attached hydrogen (secondary N) is 1. The zero-order valence-corrected chi connectivity index (χ0v) is 37.3. The summed E-state index contributed by atoms with van der Waals surface area (Å²) in [6, 6.07) is -1.16. The lowest BCUT2D eigenvalue weighted by atomic mass is 9.98. The Labute approximate surface area is 354 Å². The van der Waals surface area contributed by atoms with E-state index in [1.807, 2.05) is 0 Å². The predicted octanol–water partition coefficient (Wildman–Crippen LogP) is 8.28. The molecule has 1 fully saturated rings. The average Bonchev–Trinajstić information content (AvgIpc) is 3.22. The van der Waals surface area contributed by atoms with Gasteiger partial charge in [0.2, 0.25) is 5.91 Å². The molecule has 0 radical (unpaired) electrons. The number of carbonyl (C=O) groups excluding carboxylic acids is 1. The molecule has 1 aliphatic rings. The zero-order chi connectivity index (χ0) is 42.6. The van der Waals surface area contributed by atoms with Crippen LogP contribution in [0.5, 0.6) is 0 Å². The van der Waals surface area contributed by atoms with E-state index in [1.54, 1.807) is 0 Å². The molecule has 0 aliphatic carbocycles. The van der Waals surface area contributed by atoms with E-state index in [0.29, 0.717) is 19.3 Å². The van der Waals surface area contributed by atoms with Gasteiger partial charge in [-0.15, -0.1) is 0 Å². The van der Waals surface area contributed by atoms with Crippen molar-refractivity contribution in [3.8, 4) is 0 Å². The normalized spacial score (nSPS) is 21.8. The van der Waals surface area contributed by atoms with E-state index in [2.05, 4.69) is 19.2 Å². The van der Waals surface area contributed by atoms with Crippen molar-refractivity contribution in [3.63, 3.8) is 0 Å². The highest BCUT2D eigenvalue weighted by molar-refractivity contribution is 5.80. The van der Waals surface area contributed by atoms with Crippen LogP contribution in [0.4, 0.5) is 0 Å². The number of rotatable bonds is 41. The van der Waals surface area contributed by atoms with Crippen molar-refractivity contribution >= 4 is 5.91 Å². The largest absolute Gasteiger partial charge is 0.394 e. The molecule has 0 bridgehead atoms. The van der Waals surface area contributed by atoms with Crippen LogP contribution in [0.25, 0.3) is 0 Å². The summed E-state index contributed by atoms with van der Waals surface area (Å²) in [4.78, 5) is 13.1. The molecule has 8 N–H and O–H groups in total. The highest BCUT2D eigenvalue weighted by atomic mass is 16.7. The Hall–Kier alpha value is -0.890. The minimum absolute atomic E-state index is 0.266. The lowest BCUT2D eigenvalue weighted by molar-refractivity contribution is -0.303. The molecule has 0 aromatic heterocycles. The van der Waals surface area contributed by atoms with Crippen molar-refractivity contribution in [2.75, 3.05) is 13.2 Å². The Morgan fingerprint density at radius 1 is 0.534 bits per heavy atom. The van der Waals surface area contributed by atoms with Crippen molar-refractivity contribution in [1.82, 2.24) is 5.32 Å². The maximum absolute atomic E-state index is 13.1. The monoisotopic (exact) mass is 832 g/mol. The first-order valence-corrected chi connectivity index (χ1v) is 24.4. The SMILES string of the molecule is CCCCCCCCCCCCCCCCCCCCCC[C@@H](O)C(=O)N[C@@H](CO[C@@H]1O[C@H](CO)[C@H](O)[C@H](O)[C@H]1O)[C@H](O)[C@H](O)CCCCCCCCCCCCC. The van der Waals surface area contributed by atoms with Gasteiger partial charge in [0.1, 0.15) is 36.6 Å². The first-order valence-electron chi connectivity index (χ1n) is 24.4. The summed E-state index contributed by atoms with van der Waals surface area (Å²) in [5.41, 5.74) is 0. The standard InChI is InChI=1S/C47H93NO10/c1-3-5-7-9-11-13-15-16-17-18-19-20-21-22-23-25-27-29-31-33-35-40(51)46(56)48-38(37-57-47-45(55)44(54)43(53)41(36-49)58-47)42(52)39(50)34-32-30-28-26-24-14-12-10-8-6-4-2/h38-45,47,49-55H,3-37H2,1-2H3,(H,48,56)/t38-,39+,40+,41+,42-,43-,44-,45+,47+/m0/s1. The summed E-state index contributed by atoms with van der Waals surface area (Å²) in [6.45, 7) is 3.44. The maximum atomic E-state index is 13.1. The molecule has 1 amide bonds. The average molecular weight is 832 g/mol. The van der Waals surface area contributed by atoms with E-state index in [9.17, 15) is 40.5 Å². The molecule has 0 aromatic carbocycles. The molecule has 1 heterocycles. The van der Waals surface area contributed by atoms with Crippen molar-refractivity contribution in [2.45, 2.75) is 281 Å². The summed E-state index contributed by atoms with van der Waals surface area (Å²) >= 11 is 0. The molecule has 0 unspecified atom stereocenters. The molecule has 11 nitrogen and oxygen atoms in total. The molecule has 0 aromatic rings. The number of aliphatic hydroxyl groups is 7. The molecule has 9 atom stereocenters. The second-order valence-electron chi connectivity index (χ2n) is 17.5. The third kappa shape index (κ3) is 27.1. The highest BCUT2D eigenvalue weighted by Gasteiger charge is 2.44. The lowest BCUT2D eigenvalue weighted by Gasteiger charge is -2.40. The van der Waals surface area contributed by atoms with Crippen LogP contribution in [0, 0.1) is 0 Å². The van der Waals surface area contributed by atoms with Gasteiger partial charge in [0.05, 0.1) is 25.4 Å². The second kappa shape index (κ2) is 37.8. The molecular weight excluding hydrogens is 739 g/mol. The van der Waals surface area contributed by atoms with E-state index in [-0.39, 0.29) is 6.42 Å². The van der Waals surface area contributed by atoms with Crippen LogP contribution < -0.4 is 5.32 Å². The summed E-state index contributed by atoms with van der Waals surface area (Å²) in [6.07, 6.45) is 27.3. The van der Waals surface area contributed by atoms with Crippen LogP contribution in [0.2, 0.25) is 0 Å². The Morgan fingerprint density at radius 3 is 1.28 bits per heavy atom. The third-order valence-corrected chi connectivity index (χ3v) is 12.2. The van der Waals surface area contributed by atoms with Crippen LogP contribution in [-0.2, 0) is 14.3 Å². The molecule has 1 rings (SSSR count). The summed E-state index contributed by atoms with van der Waals surface area (Å²) in [7, 11) is 0. The Bertz CT molecular complexity index is 913. The number of aliphatic hydroxyl groups excluding tert-OH is 7. The molecule has 11 heteroatoms. The van der Waals surface area contributed by atoms with Gasteiger partial charge in [-0.25, -0.2) is 0 Å². The van der Waals surface area contributed by atoms with Gasteiger partial charge in [-0.1, -0.05) is 213 Å². The van der Waals surface area contributed by atoms with E-state index < -0.39 is 74.2 Å². The quantitative estimate of drug-likeness (QED) is 0.0279. The van der Waals surface area contributed by atoms with Crippen molar-refractivity contribution in [1.29, 1.82) is 0 Å². The predicted molar refractivity (Wildman–Crippen MR) is 233 cm³/mol. The number of unbranched alkanes of at least 4 members (excludes halogenated alkanes) is 29. The Morgan fingerprint density at radius 2 is 0.897 bits per heavy atom. The van der Waals surface area contributed by atoms with E-state index in [1.165, 1.54) is 148 Å². The van der Waals surface area contributed by atoms with Crippen LogP contribution in [-0.4, -0.2) is 110 Å². The highest BCUT2D eigenvalue weighted by Crippen LogP contribution is 2.23. The molecule has 0 spiro atoms. The van der Waals surface area contributed by atoms with E-state index in [0.717, 1.165) is 38.5 Å². The van der Waals surface area contributed by atoms with Gasteiger partial charge < -0.3 is 50.5 Å². The van der Waals surface area contributed by atoms with Gasteiger partial charge in [0.15, 0.2) is 6.29 Å². The Kier molecular flexibility index (Phi) is 36.0. The molecule has 0 saturated carbocycles. The van der Waals surface area contributed by atoms with Gasteiger partial charge in [-0.2, -0.15) is 0 Å². The topological polar surface area (TPSA) is 189 Å². The van der Waals surface area contributed by atoms with Gasteiger partial charge in [-0.05, 0) is 12.8 Å². The smallest absolute Gasteiger partial charge is 0.249 e. The molecule has 58 heavy (non-hydrogen) atoms. The molecule has 1 aliphatic heterocycles. The number of carbonyl (C=O) groups is 1. The van der Waals surface area contributed by atoms with E-state index >= 15 is 0 Å². The number of hydrogen-bond donors (Lipinski definition) is 8. The van der Waals surface area contributed by atoms with Crippen LogP contribution in [0.15, 0.2) is 0 Å². The van der Waals surface area contributed by atoms with Gasteiger partial charge in [0, 0.05) is 0 Å². The van der Waals surface area contributed by atoms with Crippen molar-refractivity contribution in [2.24, 2.45) is 0 Å². The van der Waals surface area contributed by atoms with Crippen molar-refractivity contribution in [3.05, 3.63) is 0 Å². The second-order valence-corrected chi connectivity index (χ2v) is 17.5. The van der Waals surface area contributed by atoms with Gasteiger partial charge in [-0.3, -0.25) is 4.79 Å². The molecule has 346 valence electrons. The van der Waals surface area contributed by atoms with Gasteiger partial charge >= 0.3 is 0 Å². The number of hydrogen-bond acceptors (Lipinski definition) is 10. The first kappa shape index (κ1) is 55.1. The molecular formula is C47H93NO10. The summed E-state index contributed by atoms with van der Waals surface area (Å²) in [5, 5.41) is 75.6. The van der Waals surface area contributed by atoms with Gasteiger partial charge in [0.25, 0.3) is 0 Å². The maximum Gasteiger partial charge on any atom is 0.249 e. The Balaban J connectivity index is 2.37. The number of ether oxygens (including phenoxy) is 2. The first-order chi connectivity index (χ1) is 28.2. The lowest BCUT2D eigenvalue weighted by Crippen LogP contribution is -2.60. The fourth-order valence-corrected chi connectivity index (χ4v) is 8.09. The van der Waals surface area contributed by atoms with Crippen LogP contribution in [0.1, 0.15) is 226 Å². The summed E-state index contributed by atoms with van der Waals surface area (Å²) in [5.74, 6) is -0.693. The fraction of sp³-hybridized carbons (Fsp3) is 0.979.